The van der Waals surface area contributed by atoms with Gasteiger partial charge in [0.25, 0.3) is 5.91 Å². The second kappa shape index (κ2) is 7.55. The van der Waals surface area contributed by atoms with E-state index in [4.69, 9.17) is 17.0 Å². The van der Waals surface area contributed by atoms with E-state index < -0.39 is 0 Å². The highest BCUT2D eigenvalue weighted by Gasteiger charge is 2.16. The Morgan fingerprint density at radius 1 is 1.38 bits per heavy atom. The van der Waals surface area contributed by atoms with E-state index in [1.54, 1.807) is 6.07 Å². The highest BCUT2D eigenvalue weighted by molar-refractivity contribution is 7.80. The summed E-state index contributed by atoms with van der Waals surface area (Å²) in [4.78, 5) is 16.9. The highest BCUT2D eigenvalue weighted by atomic mass is 32.1. The predicted molar refractivity (Wildman–Crippen MR) is 96.7 cm³/mol. The summed E-state index contributed by atoms with van der Waals surface area (Å²) in [5.41, 5.74) is 7.51. The van der Waals surface area contributed by atoms with Gasteiger partial charge in [0, 0.05) is 24.2 Å². The Morgan fingerprint density at radius 3 is 3.00 bits per heavy atom. The number of nitrogens with zero attached hydrogens (tertiary/aromatic N) is 1. The fourth-order valence-corrected chi connectivity index (χ4v) is 2.87. The Bertz CT molecular complexity index is 759. The summed E-state index contributed by atoms with van der Waals surface area (Å²) in [7, 11) is 0. The van der Waals surface area contributed by atoms with Crippen LogP contribution in [0.3, 0.4) is 0 Å². The number of nitrogens with one attached hydrogen (secondary N) is 3. The molecule has 1 fully saturated rings. The third-order valence-corrected chi connectivity index (χ3v) is 4.14. The molecule has 0 unspecified atom stereocenters. The van der Waals surface area contributed by atoms with E-state index in [1.165, 1.54) is 0 Å². The van der Waals surface area contributed by atoms with Crippen molar-refractivity contribution in [2.75, 3.05) is 13.2 Å². The standard InChI is InChI=1S/C17H20N4O2S/c1-11-9-14(13-6-2-3-7-15(13)19-11)16(22)20-21-17(24)18-10-12-5-4-8-23-12/h2-3,6-7,9,12H,4-5,8,10H2,1H3,(H,20,22)(H2,18,21,24)/t12-/m1/s1. The Balaban J connectivity index is 1.59. The van der Waals surface area contributed by atoms with Gasteiger partial charge in [-0.1, -0.05) is 18.2 Å². The van der Waals surface area contributed by atoms with Crippen LogP contribution in [0, 0.1) is 6.92 Å². The van der Waals surface area contributed by atoms with Gasteiger partial charge in [-0.15, -0.1) is 0 Å². The maximum atomic E-state index is 12.5. The van der Waals surface area contributed by atoms with Crippen molar-refractivity contribution in [3.05, 3.63) is 41.6 Å². The minimum absolute atomic E-state index is 0.187. The molecule has 0 aliphatic carbocycles. The zero-order valence-corrected chi connectivity index (χ0v) is 14.3. The van der Waals surface area contributed by atoms with Crippen LogP contribution in [0.1, 0.15) is 28.9 Å². The van der Waals surface area contributed by atoms with E-state index in [1.807, 2.05) is 31.2 Å². The Hall–Kier alpha value is -2.25. The van der Waals surface area contributed by atoms with Crippen LogP contribution in [0.5, 0.6) is 0 Å². The van der Waals surface area contributed by atoms with Gasteiger partial charge in [-0.2, -0.15) is 0 Å². The normalized spacial score (nSPS) is 16.8. The topological polar surface area (TPSA) is 75.3 Å². The molecule has 1 saturated heterocycles. The second-order valence-corrected chi connectivity index (χ2v) is 6.16. The van der Waals surface area contributed by atoms with Crippen LogP contribution in [-0.2, 0) is 4.74 Å². The number of benzene rings is 1. The van der Waals surface area contributed by atoms with Crippen LogP contribution in [-0.4, -0.2) is 35.3 Å². The van der Waals surface area contributed by atoms with E-state index in [0.717, 1.165) is 36.0 Å². The average Bonchev–Trinajstić information content (AvgIpc) is 3.10. The fourth-order valence-electron chi connectivity index (χ4n) is 2.73. The zero-order chi connectivity index (χ0) is 16.9. The lowest BCUT2D eigenvalue weighted by molar-refractivity contribution is 0.0944. The quantitative estimate of drug-likeness (QED) is 0.583. The summed E-state index contributed by atoms with van der Waals surface area (Å²) in [6.07, 6.45) is 2.30. The number of fused-ring (bicyclic) bond motifs is 1. The minimum atomic E-state index is -0.252. The maximum absolute atomic E-state index is 12.5. The lowest BCUT2D eigenvalue weighted by Gasteiger charge is -2.15. The fraction of sp³-hybridized carbons (Fsp3) is 0.353. The summed E-state index contributed by atoms with van der Waals surface area (Å²) >= 11 is 5.17. The maximum Gasteiger partial charge on any atom is 0.270 e. The number of para-hydroxylation sites is 1. The lowest BCUT2D eigenvalue weighted by atomic mass is 10.1. The number of ether oxygens (including phenoxy) is 1. The molecular formula is C17H20N4O2S. The third-order valence-electron chi connectivity index (χ3n) is 3.89. The smallest absolute Gasteiger partial charge is 0.270 e. The van der Waals surface area contributed by atoms with Gasteiger partial charge in [0.15, 0.2) is 5.11 Å². The van der Waals surface area contributed by atoms with Crippen molar-refractivity contribution in [3.8, 4) is 0 Å². The SMILES string of the molecule is Cc1cc(C(=O)NNC(=S)NC[C@H]2CCCO2)c2ccccc2n1. The first-order valence-corrected chi connectivity index (χ1v) is 8.36. The van der Waals surface area contributed by atoms with E-state index in [-0.39, 0.29) is 12.0 Å². The summed E-state index contributed by atoms with van der Waals surface area (Å²) in [5.74, 6) is -0.252. The van der Waals surface area contributed by atoms with Crippen molar-refractivity contribution >= 4 is 34.1 Å². The number of aromatic nitrogens is 1. The molecule has 0 spiro atoms. The number of rotatable bonds is 3. The molecule has 1 aliphatic rings. The largest absolute Gasteiger partial charge is 0.376 e. The van der Waals surface area contributed by atoms with E-state index in [9.17, 15) is 4.79 Å². The molecule has 1 atom stereocenters. The molecule has 3 rings (SSSR count). The van der Waals surface area contributed by atoms with Gasteiger partial charge >= 0.3 is 0 Å². The van der Waals surface area contributed by atoms with Crippen molar-refractivity contribution in [1.29, 1.82) is 0 Å². The predicted octanol–water partition coefficient (Wildman–Crippen LogP) is 1.83. The van der Waals surface area contributed by atoms with Crippen molar-refractivity contribution in [2.45, 2.75) is 25.9 Å². The Labute approximate surface area is 145 Å². The van der Waals surface area contributed by atoms with E-state index in [0.29, 0.717) is 17.2 Å². The number of hydrogen-bond acceptors (Lipinski definition) is 4. The molecule has 0 saturated carbocycles. The monoisotopic (exact) mass is 344 g/mol. The number of pyridine rings is 1. The van der Waals surface area contributed by atoms with Crippen LogP contribution in [0.15, 0.2) is 30.3 Å². The van der Waals surface area contributed by atoms with Crippen LogP contribution in [0.2, 0.25) is 0 Å². The molecule has 2 aromatic rings. The van der Waals surface area contributed by atoms with E-state index in [2.05, 4.69) is 21.2 Å². The lowest BCUT2D eigenvalue weighted by Crippen LogP contribution is -2.48. The number of aryl methyl sites for hydroxylation is 1. The number of hydrazine groups is 1. The molecule has 1 amide bonds. The molecule has 6 nitrogen and oxygen atoms in total. The third kappa shape index (κ3) is 3.98. The second-order valence-electron chi connectivity index (χ2n) is 5.75. The number of hydrogen-bond donors (Lipinski definition) is 3. The van der Waals surface area contributed by atoms with Gasteiger partial charge in [0.05, 0.1) is 17.2 Å². The van der Waals surface area contributed by atoms with Crippen molar-refractivity contribution in [1.82, 2.24) is 21.2 Å². The molecule has 1 aromatic carbocycles. The van der Waals surface area contributed by atoms with Gasteiger partial charge < -0.3 is 10.1 Å². The number of thiocarbonyl (C=S) groups is 1. The summed E-state index contributed by atoms with van der Waals surface area (Å²) in [6, 6.07) is 9.32. The molecule has 0 radical (unpaired) electrons. The highest BCUT2D eigenvalue weighted by Crippen LogP contribution is 2.17. The minimum Gasteiger partial charge on any atom is -0.376 e. The molecular weight excluding hydrogens is 324 g/mol. The number of amides is 1. The van der Waals surface area contributed by atoms with Crippen LogP contribution in [0.4, 0.5) is 0 Å². The number of carbonyl (C=O) groups is 1. The zero-order valence-electron chi connectivity index (χ0n) is 13.5. The summed E-state index contributed by atoms with van der Waals surface area (Å²) in [6.45, 7) is 3.31. The molecule has 126 valence electrons. The molecule has 2 heterocycles. The number of carbonyl (C=O) groups excluding carboxylic acids is 1. The van der Waals surface area contributed by atoms with Gasteiger partial charge in [-0.25, -0.2) is 0 Å². The first kappa shape index (κ1) is 16.6. The van der Waals surface area contributed by atoms with Crippen molar-refractivity contribution in [2.24, 2.45) is 0 Å². The van der Waals surface area contributed by atoms with Gasteiger partial charge in [0.2, 0.25) is 0 Å². The molecule has 0 bridgehead atoms. The van der Waals surface area contributed by atoms with Gasteiger partial charge in [0.1, 0.15) is 0 Å². The molecule has 1 aliphatic heterocycles. The summed E-state index contributed by atoms with van der Waals surface area (Å²) in [5, 5.41) is 4.22. The van der Waals surface area contributed by atoms with Crippen LogP contribution < -0.4 is 16.2 Å². The molecule has 7 heteroatoms. The molecule has 1 aromatic heterocycles. The van der Waals surface area contributed by atoms with Gasteiger partial charge in [-0.05, 0) is 44.1 Å². The molecule has 3 N–H and O–H groups in total. The van der Waals surface area contributed by atoms with Crippen LogP contribution >= 0.6 is 12.2 Å². The first-order valence-electron chi connectivity index (χ1n) is 7.95. The average molecular weight is 344 g/mol. The van der Waals surface area contributed by atoms with Crippen molar-refractivity contribution < 1.29 is 9.53 Å². The van der Waals surface area contributed by atoms with E-state index >= 15 is 0 Å². The first-order chi connectivity index (χ1) is 11.6. The summed E-state index contributed by atoms with van der Waals surface area (Å²) < 4.78 is 5.52. The Morgan fingerprint density at radius 2 is 2.21 bits per heavy atom. The van der Waals surface area contributed by atoms with Gasteiger partial charge in [-0.3, -0.25) is 20.6 Å². The Kier molecular flexibility index (Phi) is 5.22. The van der Waals surface area contributed by atoms with Crippen molar-refractivity contribution in [3.63, 3.8) is 0 Å². The molecule has 24 heavy (non-hydrogen) atoms. The van der Waals surface area contributed by atoms with Crippen LogP contribution in [0.25, 0.3) is 10.9 Å².